The number of anilines is 1. The van der Waals surface area contributed by atoms with Gasteiger partial charge in [-0.3, -0.25) is 13.9 Å². The SMILES string of the molecule is CCCNC(=O)[C@H](C)N(Cc1ccccc1)C(=O)CCCN(c1ccc(CC)cc1)S(C)(=O)=O. The lowest BCUT2D eigenvalue weighted by molar-refractivity contribution is -0.140. The number of nitrogens with one attached hydrogen (secondary N) is 1. The molecular weight excluding hydrogens is 450 g/mol. The second kappa shape index (κ2) is 13.1. The van der Waals surface area contributed by atoms with Crippen molar-refractivity contribution in [2.24, 2.45) is 0 Å². The summed E-state index contributed by atoms with van der Waals surface area (Å²) in [5.41, 5.74) is 2.64. The summed E-state index contributed by atoms with van der Waals surface area (Å²) in [6, 6.07) is 16.3. The first-order valence-corrected chi connectivity index (χ1v) is 13.7. The smallest absolute Gasteiger partial charge is 0.242 e. The van der Waals surface area contributed by atoms with Gasteiger partial charge < -0.3 is 10.2 Å². The van der Waals surface area contributed by atoms with E-state index in [0.717, 1.165) is 24.0 Å². The molecule has 7 nitrogen and oxygen atoms in total. The van der Waals surface area contributed by atoms with Gasteiger partial charge in [-0.05, 0) is 49.4 Å². The van der Waals surface area contributed by atoms with Crippen LogP contribution in [0.2, 0.25) is 0 Å². The van der Waals surface area contributed by atoms with Gasteiger partial charge in [0.2, 0.25) is 21.8 Å². The number of hydrogen-bond acceptors (Lipinski definition) is 4. The first-order valence-electron chi connectivity index (χ1n) is 11.8. The van der Waals surface area contributed by atoms with Crippen molar-refractivity contribution in [2.75, 3.05) is 23.7 Å². The van der Waals surface area contributed by atoms with Gasteiger partial charge in [0.15, 0.2) is 0 Å². The molecule has 0 heterocycles. The predicted octanol–water partition coefficient (Wildman–Crippen LogP) is 3.74. The van der Waals surface area contributed by atoms with Gasteiger partial charge in [-0.15, -0.1) is 0 Å². The molecule has 1 atom stereocenters. The van der Waals surface area contributed by atoms with Crippen molar-refractivity contribution >= 4 is 27.5 Å². The maximum atomic E-state index is 13.2. The van der Waals surface area contributed by atoms with Crippen molar-refractivity contribution < 1.29 is 18.0 Å². The summed E-state index contributed by atoms with van der Waals surface area (Å²) in [6.07, 6.45) is 3.33. The predicted molar refractivity (Wildman–Crippen MR) is 137 cm³/mol. The van der Waals surface area contributed by atoms with Crippen LogP contribution in [0.4, 0.5) is 5.69 Å². The molecule has 0 fully saturated rings. The van der Waals surface area contributed by atoms with Crippen LogP contribution in [-0.4, -0.2) is 50.5 Å². The first-order chi connectivity index (χ1) is 16.2. The Balaban J connectivity index is 2.11. The Labute approximate surface area is 204 Å². The Hall–Kier alpha value is -2.87. The molecule has 0 bridgehead atoms. The monoisotopic (exact) mass is 487 g/mol. The van der Waals surface area contributed by atoms with E-state index in [2.05, 4.69) is 5.32 Å². The van der Waals surface area contributed by atoms with Crippen molar-refractivity contribution in [2.45, 2.75) is 59.0 Å². The van der Waals surface area contributed by atoms with Crippen LogP contribution in [0.5, 0.6) is 0 Å². The maximum Gasteiger partial charge on any atom is 0.242 e. The number of sulfonamides is 1. The second-order valence-electron chi connectivity index (χ2n) is 8.43. The van der Waals surface area contributed by atoms with Crippen molar-refractivity contribution in [1.29, 1.82) is 0 Å². The Morgan fingerprint density at radius 1 is 0.971 bits per heavy atom. The van der Waals surface area contributed by atoms with Crippen LogP contribution < -0.4 is 9.62 Å². The highest BCUT2D eigenvalue weighted by Crippen LogP contribution is 2.20. The summed E-state index contributed by atoms with van der Waals surface area (Å²) >= 11 is 0. The number of benzene rings is 2. The highest BCUT2D eigenvalue weighted by atomic mass is 32.2. The van der Waals surface area contributed by atoms with Crippen molar-refractivity contribution in [3.63, 3.8) is 0 Å². The van der Waals surface area contributed by atoms with E-state index in [1.807, 2.05) is 56.3 Å². The Morgan fingerprint density at radius 2 is 1.62 bits per heavy atom. The van der Waals surface area contributed by atoms with Gasteiger partial charge in [0, 0.05) is 26.1 Å². The summed E-state index contributed by atoms with van der Waals surface area (Å²) in [5.74, 6) is -0.377. The Kier molecular flexibility index (Phi) is 10.6. The van der Waals surface area contributed by atoms with E-state index >= 15 is 0 Å². The molecule has 2 aromatic rings. The van der Waals surface area contributed by atoms with E-state index in [0.29, 0.717) is 25.2 Å². The normalized spacial score (nSPS) is 12.1. The molecule has 0 unspecified atom stereocenters. The molecule has 0 radical (unpaired) electrons. The molecule has 0 aromatic heterocycles. The largest absolute Gasteiger partial charge is 0.354 e. The highest BCUT2D eigenvalue weighted by Gasteiger charge is 2.26. The number of hydrogen-bond donors (Lipinski definition) is 1. The highest BCUT2D eigenvalue weighted by molar-refractivity contribution is 7.92. The Bertz CT molecular complexity index is 1020. The van der Waals surface area contributed by atoms with Crippen LogP contribution in [-0.2, 0) is 32.6 Å². The van der Waals surface area contributed by atoms with Gasteiger partial charge in [-0.1, -0.05) is 56.3 Å². The summed E-state index contributed by atoms with van der Waals surface area (Å²) in [7, 11) is -3.50. The molecule has 2 rings (SSSR count). The standard InChI is InChI=1S/C26H37N3O4S/c1-5-18-27-26(31)21(3)28(20-23-11-8-7-9-12-23)25(30)13-10-19-29(34(4,32)33)24-16-14-22(6-2)15-17-24/h7-9,11-12,14-17,21H,5-6,10,13,18-20H2,1-4H3,(H,27,31)/t21-/m0/s1. The zero-order valence-electron chi connectivity index (χ0n) is 20.7. The van der Waals surface area contributed by atoms with E-state index in [9.17, 15) is 18.0 Å². The van der Waals surface area contributed by atoms with Crippen molar-refractivity contribution in [3.05, 3.63) is 65.7 Å². The molecule has 0 spiro atoms. The third-order valence-corrected chi connectivity index (χ3v) is 6.89. The summed E-state index contributed by atoms with van der Waals surface area (Å²) in [6.45, 7) is 6.79. The molecule has 0 aliphatic heterocycles. The number of rotatable bonds is 13. The lowest BCUT2D eigenvalue weighted by Crippen LogP contribution is -2.47. The molecule has 34 heavy (non-hydrogen) atoms. The van der Waals surface area contributed by atoms with Crippen LogP contribution >= 0.6 is 0 Å². The molecule has 0 saturated heterocycles. The average molecular weight is 488 g/mol. The van der Waals surface area contributed by atoms with E-state index < -0.39 is 16.1 Å². The molecule has 2 amide bonds. The minimum Gasteiger partial charge on any atom is -0.354 e. The molecule has 186 valence electrons. The van der Waals surface area contributed by atoms with Gasteiger partial charge in [0.05, 0.1) is 11.9 Å². The molecule has 0 aliphatic rings. The third kappa shape index (κ3) is 8.17. The van der Waals surface area contributed by atoms with Gasteiger partial charge >= 0.3 is 0 Å². The zero-order valence-corrected chi connectivity index (χ0v) is 21.5. The number of aryl methyl sites for hydroxylation is 1. The van der Waals surface area contributed by atoms with Crippen LogP contribution in [0.1, 0.15) is 51.2 Å². The van der Waals surface area contributed by atoms with Crippen LogP contribution in [0.3, 0.4) is 0 Å². The van der Waals surface area contributed by atoms with Crippen molar-refractivity contribution in [3.8, 4) is 0 Å². The minimum atomic E-state index is -3.50. The molecule has 1 N–H and O–H groups in total. The first kappa shape index (κ1) is 27.4. The average Bonchev–Trinajstić information content (AvgIpc) is 2.83. The molecule has 0 aliphatic carbocycles. The quantitative estimate of drug-likeness (QED) is 0.466. The second-order valence-corrected chi connectivity index (χ2v) is 10.3. The fourth-order valence-corrected chi connectivity index (χ4v) is 4.63. The lowest BCUT2D eigenvalue weighted by atomic mass is 10.1. The molecule has 8 heteroatoms. The van der Waals surface area contributed by atoms with Gasteiger partial charge in [-0.2, -0.15) is 0 Å². The van der Waals surface area contributed by atoms with Crippen LogP contribution in [0.15, 0.2) is 54.6 Å². The van der Waals surface area contributed by atoms with Gasteiger partial charge in [0.25, 0.3) is 0 Å². The Morgan fingerprint density at radius 3 is 2.18 bits per heavy atom. The zero-order chi connectivity index (χ0) is 25.1. The lowest BCUT2D eigenvalue weighted by Gasteiger charge is -2.29. The molecular formula is C26H37N3O4S. The van der Waals surface area contributed by atoms with Gasteiger partial charge in [0.1, 0.15) is 6.04 Å². The van der Waals surface area contributed by atoms with Gasteiger partial charge in [-0.25, -0.2) is 8.42 Å². The minimum absolute atomic E-state index is 0.136. The van der Waals surface area contributed by atoms with E-state index in [1.165, 1.54) is 10.6 Å². The van der Waals surface area contributed by atoms with E-state index in [-0.39, 0.29) is 24.8 Å². The van der Waals surface area contributed by atoms with E-state index in [4.69, 9.17) is 0 Å². The summed E-state index contributed by atoms with van der Waals surface area (Å²) in [4.78, 5) is 27.4. The third-order valence-electron chi connectivity index (χ3n) is 5.70. The number of carbonyl (C=O) groups is 2. The van der Waals surface area contributed by atoms with E-state index in [1.54, 1.807) is 24.0 Å². The van der Waals surface area contributed by atoms with Crippen LogP contribution in [0, 0.1) is 0 Å². The maximum absolute atomic E-state index is 13.2. The summed E-state index contributed by atoms with van der Waals surface area (Å²) < 4.78 is 26.2. The van der Waals surface area contributed by atoms with Crippen LogP contribution in [0.25, 0.3) is 0 Å². The number of nitrogens with zero attached hydrogens (tertiary/aromatic N) is 2. The molecule has 2 aromatic carbocycles. The molecule has 0 saturated carbocycles. The number of amides is 2. The fourth-order valence-electron chi connectivity index (χ4n) is 3.66. The topological polar surface area (TPSA) is 86.8 Å². The number of carbonyl (C=O) groups excluding carboxylic acids is 2. The fraction of sp³-hybridized carbons (Fsp3) is 0.462. The van der Waals surface area contributed by atoms with Crippen molar-refractivity contribution in [1.82, 2.24) is 10.2 Å². The summed E-state index contributed by atoms with van der Waals surface area (Å²) in [5, 5.41) is 2.86.